The van der Waals surface area contributed by atoms with Gasteiger partial charge in [0.2, 0.25) is 0 Å². The Balaban J connectivity index is 3.60. The Labute approximate surface area is 123 Å². The van der Waals surface area contributed by atoms with Crippen LogP contribution >= 0.6 is 0 Å². The molecule has 2 atom stereocenters. The van der Waals surface area contributed by atoms with Crippen molar-refractivity contribution in [1.82, 2.24) is 0 Å². The SMILES string of the molecule is C=C(C)CCC(CC)CCCC(C)CCCC(C)C. The molecule has 0 spiro atoms. The highest BCUT2D eigenvalue weighted by Crippen LogP contribution is 2.23. The maximum absolute atomic E-state index is 4.02. The molecule has 0 nitrogen and oxygen atoms in total. The second-order valence-electron chi connectivity index (χ2n) is 7.13. The topological polar surface area (TPSA) is 0 Å². The smallest absolute Gasteiger partial charge is 0.0323 e. The van der Waals surface area contributed by atoms with Crippen molar-refractivity contribution in [2.75, 3.05) is 0 Å². The minimum absolute atomic E-state index is 0.874. The minimum atomic E-state index is 0.874. The maximum atomic E-state index is 4.02. The first-order valence-electron chi connectivity index (χ1n) is 8.60. The van der Waals surface area contributed by atoms with Crippen molar-refractivity contribution in [2.24, 2.45) is 17.8 Å². The highest BCUT2D eigenvalue weighted by Gasteiger charge is 2.08. The molecule has 0 heteroatoms. The van der Waals surface area contributed by atoms with Crippen molar-refractivity contribution >= 4 is 0 Å². The van der Waals surface area contributed by atoms with Crippen molar-refractivity contribution in [3.8, 4) is 0 Å². The third kappa shape index (κ3) is 12.5. The molecular weight excluding hydrogens is 228 g/mol. The number of hydrogen-bond donors (Lipinski definition) is 0. The maximum Gasteiger partial charge on any atom is -0.0323 e. The molecule has 0 aliphatic heterocycles. The van der Waals surface area contributed by atoms with Gasteiger partial charge < -0.3 is 0 Å². The van der Waals surface area contributed by atoms with E-state index in [1.807, 2.05) is 0 Å². The van der Waals surface area contributed by atoms with Crippen molar-refractivity contribution in [2.45, 2.75) is 92.4 Å². The molecule has 0 N–H and O–H groups in total. The van der Waals surface area contributed by atoms with Crippen molar-refractivity contribution in [3.63, 3.8) is 0 Å². The number of hydrogen-bond acceptors (Lipinski definition) is 0. The molecule has 0 aliphatic rings. The lowest BCUT2D eigenvalue weighted by Crippen LogP contribution is -2.02. The van der Waals surface area contributed by atoms with E-state index in [9.17, 15) is 0 Å². The summed E-state index contributed by atoms with van der Waals surface area (Å²) in [6.07, 6.45) is 12.5. The lowest BCUT2D eigenvalue weighted by Gasteiger charge is -2.17. The summed E-state index contributed by atoms with van der Waals surface area (Å²) in [6, 6.07) is 0. The second-order valence-corrected chi connectivity index (χ2v) is 7.13. The molecule has 0 radical (unpaired) electrons. The van der Waals surface area contributed by atoms with Crippen LogP contribution in [-0.4, -0.2) is 0 Å². The molecule has 0 bridgehead atoms. The molecule has 0 saturated heterocycles. The summed E-state index contributed by atoms with van der Waals surface area (Å²) >= 11 is 0. The zero-order valence-corrected chi connectivity index (χ0v) is 14.3. The van der Waals surface area contributed by atoms with E-state index in [2.05, 4.69) is 41.2 Å². The molecule has 0 aromatic heterocycles. The standard InChI is InChI=1S/C19H38/c1-7-19(15-14-17(4)5)13-9-12-18(6)11-8-10-16(2)3/h16,18-19H,4,7-15H2,1-3,5-6H3. The van der Waals surface area contributed by atoms with Crippen LogP contribution in [0.5, 0.6) is 0 Å². The fourth-order valence-corrected chi connectivity index (χ4v) is 2.78. The lowest BCUT2D eigenvalue weighted by molar-refractivity contribution is 0.373. The average molecular weight is 267 g/mol. The highest BCUT2D eigenvalue weighted by molar-refractivity contribution is 4.88. The van der Waals surface area contributed by atoms with Crippen LogP contribution in [0.15, 0.2) is 12.2 Å². The molecule has 19 heavy (non-hydrogen) atoms. The molecule has 0 fully saturated rings. The summed E-state index contributed by atoms with van der Waals surface area (Å²) in [5.41, 5.74) is 1.35. The van der Waals surface area contributed by atoms with Crippen LogP contribution in [0.2, 0.25) is 0 Å². The molecular formula is C19H38. The van der Waals surface area contributed by atoms with Crippen LogP contribution in [0.4, 0.5) is 0 Å². The molecule has 0 aliphatic carbocycles. The van der Waals surface area contributed by atoms with Crippen molar-refractivity contribution < 1.29 is 0 Å². The molecule has 0 heterocycles. The van der Waals surface area contributed by atoms with E-state index in [0.717, 1.165) is 17.8 Å². The van der Waals surface area contributed by atoms with Gasteiger partial charge in [0.15, 0.2) is 0 Å². The summed E-state index contributed by atoms with van der Waals surface area (Å²) in [6.45, 7) is 15.6. The Morgan fingerprint density at radius 1 is 0.895 bits per heavy atom. The summed E-state index contributed by atoms with van der Waals surface area (Å²) in [5, 5.41) is 0. The molecule has 0 saturated carbocycles. The molecule has 114 valence electrons. The quantitative estimate of drug-likeness (QED) is 0.333. The monoisotopic (exact) mass is 266 g/mol. The number of allylic oxidation sites excluding steroid dienone is 1. The fourth-order valence-electron chi connectivity index (χ4n) is 2.78. The van der Waals surface area contributed by atoms with Gasteiger partial charge >= 0.3 is 0 Å². The van der Waals surface area contributed by atoms with Gasteiger partial charge in [0.25, 0.3) is 0 Å². The van der Waals surface area contributed by atoms with Gasteiger partial charge in [-0.1, -0.05) is 78.2 Å². The Kier molecular flexibility index (Phi) is 11.4. The van der Waals surface area contributed by atoms with Crippen LogP contribution in [0.3, 0.4) is 0 Å². The highest BCUT2D eigenvalue weighted by atomic mass is 14.1. The van der Waals surface area contributed by atoms with E-state index in [1.165, 1.54) is 63.4 Å². The van der Waals surface area contributed by atoms with E-state index in [4.69, 9.17) is 0 Å². The molecule has 0 rings (SSSR count). The van der Waals surface area contributed by atoms with Crippen LogP contribution in [0, 0.1) is 17.8 Å². The fraction of sp³-hybridized carbons (Fsp3) is 0.895. The van der Waals surface area contributed by atoms with E-state index in [1.54, 1.807) is 0 Å². The second kappa shape index (κ2) is 11.6. The average Bonchev–Trinajstić information content (AvgIpc) is 2.32. The van der Waals surface area contributed by atoms with Gasteiger partial charge in [-0.25, -0.2) is 0 Å². The lowest BCUT2D eigenvalue weighted by atomic mass is 9.89. The molecule has 0 aromatic carbocycles. The largest absolute Gasteiger partial charge is 0.100 e. The van der Waals surface area contributed by atoms with E-state index < -0.39 is 0 Å². The first-order chi connectivity index (χ1) is 8.95. The Morgan fingerprint density at radius 3 is 1.95 bits per heavy atom. The summed E-state index contributed by atoms with van der Waals surface area (Å²) in [5.74, 6) is 2.73. The third-order valence-electron chi connectivity index (χ3n) is 4.34. The van der Waals surface area contributed by atoms with Crippen LogP contribution < -0.4 is 0 Å². The van der Waals surface area contributed by atoms with E-state index in [0.29, 0.717) is 0 Å². The summed E-state index contributed by atoms with van der Waals surface area (Å²) in [7, 11) is 0. The van der Waals surface area contributed by atoms with Crippen molar-refractivity contribution in [3.05, 3.63) is 12.2 Å². The third-order valence-corrected chi connectivity index (χ3v) is 4.34. The molecule has 2 unspecified atom stereocenters. The predicted octanol–water partition coefficient (Wildman–Crippen LogP) is 7.00. The zero-order chi connectivity index (χ0) is 14.7. The first-order valence-corrected chi connectivity index (χ1v) is 8.60. The van der Waals surface area contributed by atoms with Crippen LogP contribution in [0.1, 0.15) is 92.4 Å². The first kappa shape index (κ1) is 18.7. The predicted molar refractivity (Wildman–Crippen MR) is 89.5 cm³/mol. The van der Waals surface area contributed by atoms with E-state index in [-0.39, 0.29) is 0 Å². The summed E-state index contributed by atoms with van der Waals surface area (Å²) < 4.78 is 0. The van der Waals surface area contributed by atoms with Gasteiger partial charge in [0.05, 0.1) is 0 Å². The van der Waals surface area contributed by atoms with Crippen LogP contribution in [0.25, 0.3) is 0 Å². The van der Waals surface area contributed by atoms with E-state index >= 15 is 0 Å². The Bertz CT molecular complexity index is 214. The van der Waals surface area contributed by atoms with Gasteiger partial charge in [0, 0.05) is 0 Å². The van der Waals surface area contributed by atoms with Gasteiger partial charge in [0.1, 0.15) is 0 Å². The number of rotatable bonds is 12. The Morgan fingerprint density at radius 2 is 1.47 bits per heavy atom. The van der Waals surface area contributed by atoms with Gasteiger partial charge in [-0.05, 0) is 37.5 Å². The van der Waals surface area contributed by atoms with Gasteiger partial charge in [-0.2, -0.15) is 0 Å². The zero-order valence-electron chi connectivity index (χ0n) is 14.3. The van der Waals surface area contributed by atoms with Crippen LogP contribution in [-0.2, 0) is 0 Å². The van der Waals surface area contributed by atoms with Gasteiger partial charge in [-0.3, -0.25) is 0 Å². The normalized spacial score (nSPS) is 14.6. The minimum Gasteiger partial charge on any atom is -0.100 e. The molecule has 0 amide bonds. The Hall–Kier alpha value is -0.260. The summed E-state index contributed by atoms with van der Waals surface area (Å²) in [4.78, 5) is 0. The van der Waals surface area contributed by atoms with Crippen molar-refractivity contribution in [1.29, 1.82) is 0 Å². The van der Waals surface area contributed by atoms with Gasteiger partial charge in [-0.15, -0.1) is 6.58 Å². The molecule has 0 aromatic rings.